The van der Waals surface area contributed by atoms with E-state index in [2.05, 4.69) is 0 Å². The van der Waals surface area contributed by atoms with Crippen molar-refractivity contribution in [1.29, 1.82) is 0 Å². The number of carbonyl (C=O) groups is 2. The van der Waals surface area contributed by atoms with Crippen molar-refractivity contribution in [2.45, 2.75) is 26.0 Å². The third kappa shape index (κ3) is 1.51. The average molecular weight is 219 g/mol. The van der Waals surface area contributed by atoms with Crippen molar-refractivity contribution in [3.63, 3.8) is 0 Å². The zero-order chi connectivity index (χ0) is 11.7. The predicted octanol–water partition coefficient (Wildman–Crippen LogP) is 1.46. The molecule has 4 nitrogen and oxygen atoms in total. The van der Waals surface area contributed by atoms with E-state index in [9.17, 15) is 14.7 Å². The van der Waals surface area contributed by atoms with E-state index >= 15 is 0 Å². The summed E-state index contributed by atoms with van der Waals surface area (Å²) in [6.07, 6.45) is -0.189. The smallest absolute Gasteiger partial charge is 0.263 e. The van der Waals surface area contributed by atoms with E-state index in [-0.39, 0.29) is 12.3 Å². The van der Waals surface area contributed by atoms with Gasteiger partial charge in [0.15, 0.2) is 6.23 Å². The predicted molar refractivity (Wildman–Crippen MR) is 57.5 cm³/mol. The van der Waals surface area contributed by atoms with E-state index in [0.29, 0.717) is 17.5 Å². The Morgan fingerprint density at radius 2 is 2.12 bits per heavy atom. The second-order valence-corrected chi connectivity index (χ2v) is 3.78. The Balaban J connectivity index is 2.35. The highest BCUT2D eigenvalue weighted by Crippen LogP contribution is 2.31. The minimum atomic E-state index is -1.12. The molecular weight excluding hydrogens is 206 g/mol. The van der Waals surface area contributed by atoms with E-state index in [1.165, 1.54) is 0 Å². The Hall–Kier alpha value is -1.68. The summed E-state index contributed by atoms with van der Waals surface area (Å²) in [7, 11) is 0. The fraction of sp³-hybridized carbons (Fsp3) is 0.333. The summed E-state index contributed by atoms with van der Waals surface area (Å²) in [5.74, 6) is -0.724. The maximum absolute atomic E-state index is 11.9. The highest BCUT2D eigenvalue weighted by atomic mass is 16.3. The number of hydrogen-bond acceptors (Lipinski definition) is 3. The Morgan fingerprint density at radius 3 is 2.75 bits per heavy atom. The van der Waals surface area contributed by atoms with Gasteiger partial charge in [-0.3, -0.25) is 9.59 Å². The molecular formula is C12H13NO3. The molecule has 1 aromatic carbocycles. The van der Waals surface area contributed by atoms with Crippen LogP contribution in [0.25, 0.3) is 0 Å². The molecule has 1 N–H and O–H groups in total. The number of hydrogen-bond donors (Lipinski definition) is 1. The molecule has 16 heavy (non-hydrogen) atoms. The van der Waals surface area contributed by atoms with Crippen LogP contribution in [-0.2, 0) is 4.79 Å². The lowest BCUT2D eigenvalue weighted by atomic mass is 10.1. The SMILES string of the molecule is CCCC(=O)N1C(=O)c2ccccc2[C@@H]1O. The van der Waals surface area contributed by atoms with Crippen molar-refractivity contribution in [3.05, 3.63) is 35.4 Å². The molecule has 1 atom stereocenters. The van der Waals surface area contributed by atoms with Crippen molar-refractivity contribution >= 4 is 11.8 Å². The molecule has 0 aliphatic carbocycles. The van der Waals surface area contributed by atoms with Gasteiger partial charge in [-0.25, -0.2) is 4.90 Å². The second-order valence-electron chi connectivity index (χ2n) is 3.78. The first-order valence-corrected chi connectivity index (χ1v) is 5.30. The van der Waals surface area contributed by atoms with Crippen LogP contribution in [0, 0.1) is 0 Å². The van der Waals surface area contributed by atoms with Gasteiger partial charge in [0.1, 0.15) is 0 Å². The fourth-order valence-electron chi connectivity index (χ4n) is 1.88. The number of fused-ring (bicyclic) bond motifs is 1. The van der Waals surface area contributed by atoms with Gasteiger partial charge in [-0.2, -0.15) is 0 Å². The van der Waals surface area contributed by atoms with Gasteiger partial charge in [0.05, 0.1) is 0 Å². The van der Waals surface area contributed by atoms with Crippen LogP contribution in [0.1, 0.15) is 41.9 Å². The van der Waals surface area contributed by atoms with E-state index in [1.54, 1.807) is 24.3 Å². The van der Waals surface area contributed by atoms with Crippen molar-refractivity contribution in [2.75, 3.05) is 0 Å². The molecule has 0 fully saturated rings. The number of carbonyl (C=O) groups excluding carboxylic acids is 2. The molecule has 0 aromatic heterocycles. The third-order valence-corrected chi connectivity index (χ3v) is 2.67. The molecule has 1 aromatic rings. The molecule has 1 heterocycles. The normalized spacial score (nSPS) is 18.8. The molecule has 1 aliphatic heterocycles. The zero-order valence-electron chi connectivity index (χ0n) is 9.01. The Morgan fingerprint density at radius 1 is 1.44 bits per heavy atom. The summed E-state index contributed by atoms with van der Waals surface area (Å²) in [6.45, 7) is 1.86. The van der Waals surface area contributed by atoms with E-state index in [1.807, 2.05) is 6.92 Å². The van der Waals surface area contributed by atoms with Crippen LogP contribution in [-0.4, -0.2) is 21.8 Å². The quantitative estimate of drug-likeness (QED) is 0.819. The monoisotopic (exact) mass is 219 g/mol. The lowest BCUT2D eigenvalue weighted by Crippen LogP contribution is -2.34. The van der Waals surface area contributed by atoms with E-state index in [0.717, 1.165) is 4.90 Å². The van der Waals surface area contributed by atoms with Crippen LogP contribution in [0.2, 0.25) is 0 Å². The van der Waals surface area contributed by atoms with E-state index in [4.69, 9.17) is 0 Å². The third-order valence-electron chi connectivity index (χ3n) is 2.67. The van der Waals surface area contributed by atoms with Gasteiger partial charge in [0.25, 0.3) is 5.91 Å². The number of rotatable bonds is 2. The minimum absolute atomic E-state index is 0.275. The highest BCUT2D eigenvalue weighted by molar-refractivity contribution is 6.08. The molecule has 0 saturated carbocycles. The van der Waals surface area contributed by atoms with Gasteiger partial charge in [0.2, 0.25) is 5.91 Å². The van der Waals surface area contributed by atoms with Crippen molar-refractivity contribution in [1.82, 2.24) is 4.90 Å². The summed E-state index contributed by atoms with van der Waals surface area (Å²) >= 11 is 0. The zero-order valence-corrected chi connectivity index (χ0v) is 9.01. The molecule has 2 rings (SSSR count). The topological polar surface area (TPSA) is 57.6 Å². The summed E-state index contributed by atoms with van der Waals surface area (Å²) in [5.41, 5.74) is 0.927. The fourth-order valence-corrected chi connectivity index (χ4v) is 1.88. The van der Waals surface area contributed by atoms with Crippen molar-refractivity contribution < 1.29 is 14.7 Å². The Bertz CT molecular complexity index is 442. The van der Waals surface area contributed by atoms with Crippen LogP contribution in [0.3, 0.4) is 0 Å². The maximum atomic E-state index is 11.9. The number of aliphatic hydroxyl groups excluding tert-OH is 1. The Kier molecular flexibility index (Phi) is 2.75. The van der Waals surface area contributed by atoms with Crippen LogP contribution in [0.15, 0.2) is 24.3 Å². The second kappa shape index (κ2) is 4.06. The maximum Gasteiger partial charge on any atom is 0.263 e. The first-order chi connectivity index (χ1) is 7.66. The van der Waals surface area contributed by atoms with Gasteiger partial charge in [0, 0.05) is 17.5 Å². The first kappa shape index (κ1) is 10.8. The number of nitrogens with zero attached hydrogens (tertiary/aromatic N) is 1. The average Bonchev–Trinajstić information content (AvgIpc) is 2.53. The van der Waals surface area contributed by atoms with Crippen LogP contribution in [0.4, 0.5) is 0 Å². The lowest BCUT2D eigenvalue weighted by Gasteiger charge is -2.18. The van der Waals surface area contributed by atoms with E-state index < -0.39 is 12.1 Å². The molecule has 0 bridgehead atoms. The minimum Gasteiger partial charge on any atom is -0.369 e. The van der Waals surface area contributed by atoms with Gasteiger partial charge in [-0.05, 0) is 12.5 Å². The largest absolute Gasteiger partial charge is 0.369 e. The standard InChI is InChI=1S/C12H13NO3/c1-2-5-10(14)13-11(15)8-6-3-4-7-9(8)12(13)16/h3-4,6-7,11,15H,2,5H2,1H3/t11-/m0/s1. The highest BCUT2D eigenvalue weighted by Gasteiger charge is 2.38. The number of benzene rings is 1. The molecule has 0 spiro atoms. The van der Waals surface area contributed by atoms with Crippen LogP contribution < -0.4 is 0 Å². The molecule has 0 unspecified atom stereocenters. The number of aliphatic hydroxyl groups is 1. The van der Waals surface area contributed by atoms with Gasteiger partial charge in [-0.1, -0.05) is 25.1 Å². The first-order valence-electron chi connectivity index (χ1n) is 5.30. The van der Waals surface area contributed by atoms with Crippen LogP contribution >= 0.6 is 0 Å². The summed E-state index contributed by atoms with van der Waals surface area (Å²) in [6, 6.07) is 6.75. The van der Waals surface area contributed by atoms with Gasteiger partial charge >= 0.3 is 0 Å². The molecule has 1 aliphatic rings. The lowest BCUT2D eigenvalue weighted by molar-refractivity contribution is -0.135. The molecule has 4 heteroatoms. The molecule has 2 amide bonds. The number of amides is 2. The molecule has 0 saturated heterocycles. The van der Waals surface area contributed by atoms with Crippen molar-refractivity contribution in [2.24, 2.45) is 0 Å². The van der Waals surface area contributed by atoms with Gasteiger partial charge in [-0.15, -0.1) is 0 Å². The van der Waals surface area contributed by atoms with Crippen LogP contribution in [0.5, 0.6) is 0 Å². The number of imide groups is 1. The molecule has 84 valence electrons. The summed E-state index contributed by atoms with van der Waals surface area (Å²) in [5, 5.41) is 9.89. The summed E-state index contributed by atoms with van der Waals surface area (Å²) in [4.78, 5) is 24.5. The van der Waals surface area contributed by atoms with Gasteiger partial charge < -0.3 is 5.11 Å². The Labute approximate surface area is 93.5 Å². The van der Waals surface area contributed by atoms with Crippen molar-refractivity contribution in [3.8, 4) is 0 Å². The molecule has 0 radical (unpaired) electrons. The summed E-state index contributed by atoms with van der Waals surface area (Å²) < 4.78 is 0.